The Hall–Kier alpha value is -1.06. The first-order valence-electron chi connectivity index (χ1n) is 4.35. The van der Waals surface area contributed by atoms with Crippen LogP contribution in [0.1, 0.15) is 11.3 Å². The number of pyridine rings is 1. The fourth-order valence-electron chi connectivity index (χ4n) is 1.29. The molecule has 0 aromatic carbocycles. The second kappa shape index (κ2) is 4.21. The number of halogens is 2. The van der Waals surface area contributed by atoms with Crippen LogP contribution >= 0.6 is 23.2 Å². The highest BCUT2D eigenvalue weighted by Gasteiger charge is 2.13. The molecule has 2 aromatic heterocycles. The molecule has 0 amide bonds. The number of alkyl halides is 1. The number of aromatic nitrogens is 2. The topological polar surface area (TPSA) is 38.9 Å². The summed E-state index contributed by atoms with van der Waals surface area (Å²) in [5.74, 6) is 1.10. The van der Waals surface area contributed by atoms with Gasteiger partial charge in [0.2, 0.25) is 0 Å². The highest BCUT2D eigenvalue weighted by Crippen LogP contribution is 2.26. The summed E-state index contributed by atoms with van der Waals surface area (Å²) in [5, 5.41) is 4.39. The highest BCUT2D eigenvalue weighted by atomic mass is 35.5. The Kier molecular flexibility index (Phi) is 2.93. The molecule has 0 aliphatic carbocycles. The number of aryl methyl sites for hydroxylation is 1. The van der Waals surface area contributed by atoms with Crippen LogP contribution in [0.2, 0.25) is 5.15 Å². The minimum absolute atomic E-state index is 0.368. The maximum Gasteiger partial charge on any atom is 0.138 e. The van der Waals surface area contributed by atoms with Crippen LogP contribution in [0.4, 0.5) is 0 Å². The van der Waals surface area contributed by atoms with E-state index in [4.69, 9.17) is 27.7 Å². The predicted octanol–water partition coefficient (Wildman–Crippen LogP) is 3.44. The van der Waals surface area contributed by atoms with Crippen LogP contribution in [-0.2, 0) is 5.88 Å². The Morgan fingerprint density at radius 2 is 2.20 bits per heavy atom. The molecule has 0 aliphatic rings. The molecule has 0 N–H and O–H groups in total. The van der Waals surface area contributed by atoms with Crippen LogP contribution in [0.25, 0.3) is 11.3 Å². The van der Waals surface area contributed by atoms with Crippen LogP contribution in [0.5, 0.6) is 0 Å². The lowest BCUT2D eigenvalue weighted by atomic mass is 10.1. The summed E-state index contributed by atoms with van der Waals surface area (Å²) in [6, 6.07) is 3.54. The molecule has 0 saturated heterocycles. The van der Waals surface area contributed by atoms with E-state index in [1.54, 1.807) is 12.3 Å². The highest BCUT2D eigenvalue weighted by molar-refractivity contribution is 6.29. The molecular weight excluding hydrogens is 235 g/mol. The minimum Gasteiger partial charge on any atom is -0.361 e. The van der Waals surface area contributed by atoms with Crippen LogP contribution < -0.4 is 0 Å². The Morgan fingerprint density at radius 1 is 1.40 bits per heavy atom. The summed E-state index contributed by atoms with van der Waals surface area (Å²) < 4.78 is 5.08. The third-order valence-corrected chi connectivity index (χ3v) is 2.61. The molecule has 0 bridgehead atoms. The van der Waals surface area contributed by atoms with Gasteiger partial charge in [-0.2, -0.15) is 0 Å². The van der Waals surface area contributed by atoms with Crippen molar-refractivity contribution in [3.05, 3.63) is 34.8 Å². The largest absolute Gasteiger partial charge is 0.361 e. The molecule has 0 saturated carbocycles. The van der Waals surface area contributed by atoms with Crippen molar-refractivity contribution in [2.24, 2.45) is 0 Å². The van der Waals surface area contributed by atoms with E-state index in [2.05, 4.69) is 10.1 Å². The quantitative estimate of drug-likeness (QED) is 0.599. The Bertz CT molecular complexity index is 465. The summed E-state index contributed by atoms with van der Waals surface area (Å²) in [6.45, 7) is 1.83. The zero-order chi connectivity index (χ0) is 10.8. The van der Waals surface area contributed by atoms with Crippen molar-refractivity contribution in [1.29, 1.82) is 0 Å². The summed E-state index contributed by atoms with van der Waals surface area (Å²) in [7, 11) is 0. The molecule has 78 valence electrons. The first kappa shape index (κ1) is 10.5. The van der Waals surface area contributed by atoms with Gasteiger partial charge in [0.1, 0.15) is 16.6 Å². The van der Waals surface area contributed by atoms with Gasteiger partial charge >= 0.3 is 0 Å². The average Bonchev–Trinajstić information content (AvgIpc) is 2.61. The molecular formula is C10H8Cl2N2O. The second-order valence-corrected chi connectivity index (χ2v) is 3.72. The molecule has 2 heterocycles. The van der Waals surface area contributed by atoms with Crippen molar-refractivity contribution in [1.82, 2.24) is 10.1 Å². The fourth-order valence-corrected chi connectivity index (χ4v) is 1.72. The van der Waals surface area contributed by atoms with Crippen molar-refractivity contribution in [2.75, 3.05) is 0 Å². The Balaban J connectivity index is 2.49. The Morgan fingerprint density at radius 3 is 2.80 bits per heavy atom. The fraction of sp³-hybridized carbons (Fsp3) is 0.200. The summed E-state index contributed by atoms with van der Waals surface area (Å²) in [5.41, 5.74) is 2.47. The van der Waals surface area contributed by atoms with Gasteiger partial charge in [0, 0.05) is 17.3 Å². The van der Waals surface area contributed by atoms with Crippen molar-refractivity contribution in [3.63, 3.8) is 0 Å². The zero-order valence-corrected chi connectivity index (χ0v) is 9.51. The van der Waals surface area contributed by atoms with Gasteiger partial charge in [-0.25, -0.2) is 4.98 Å². The van der Waals surface area contributed by atoms with Crippen molar-refractivity contribution >= 4 is 23.2 Å². The lowest BCUT2D eigenvalue weighted by Crippen LogP contribution is -1.86. The van der Waals surface area contributed by atoms with E-state index in [9.17, 15) is 0 Å². The van der Waals surface area contributed by atoms with Crippen molar-refractivity contribution in [2.45, 2.75) is 12.8 Å². The zero-order valence-electron chi connectivity index (χ0n) is 8.00. The van der Waals surface area contributed by atoms with Crippen LogP contribution in [0, 0.1) is 6.92 Å². The summed E-state index contributed by atoms with van der Waals surface area (Å²) >= 11 is 11.5. The number of nitrogens with zero attached hydrogens (tertiary/aromatic N) is 2. The average molecular weight is 243 g/mol. The third kappa shape index (κ3) is 1.98. The van der Waals surface area contributed by atoms with E-state index >= 15 is 0 Å². The van der Waals surface area contributed by atoms with Gasteiger partial charge in [0.25, 0.3) is 0 Å². The van der Waals surface area contributed by atoms with Crippen molar-refractivity contribution < 1.29 is 4.52 Å². The molecule has 0 atom stereocenters. The molecule has 15 heavy (non-hydrogen) atoms. The smallest absolute Gasteiger partial charge is 0.138 e. The van der Waals surface area contributed by atoms with E-state index in [1.165, 1.54) is 0 Å². The monoisotopic (exact) mass is 242 g/mol. The lowest BCUT2D eigenvalue weighted by molar-refractivity contribution is 0.398. The van der Waals surface area contributed by atoms with Crippen LogP contribution in [-0.4, -0.2) is 10.1 Å². The van der Waals surface area contributed by atoms with Gasteiger partial charge in [-0.3, -0.25) is 0 Å². The first-order chi connectivity index (χ1) is 7.22. The molecule has 0 aliphatic heterocycles. The molecule has 3 nitrogen and oxygen atoms in total. The van der Waals surface area contributed by atoms with Gasteiger partial charge in [-0.15, -0.1) is 11.6 Å². The van der Waals surface area contributed by atoms with Crippen LogP contribution in [0.3, 0.4) is 0 Å². The van der Waals surface area contributed by atoms with E-state index in [0.717, 1.165) is 22.6 Å². The molecule has 0 spiro atoms. The normalized spacial score (nSPS) is 10.6. The first-order valence-corrected chi connectivity index (χ1v) is 5.26. The van der Waals surface area contributed by atoms with Gasteiger partial charge in [-0.05, 0) is 19.1 Å². The standard InChI is InChI=1S/C10H8Cl2N2O/c1-6-8(4-11)10(14-15-6)7-2-3-9(12)13-5-7/h2-3,5H,4H2,1H3. The molecule has 2 rings (SSSR count). The van der Waals surface area contributed by atoms with E-state index in [-0.39, 0.29) is 0 Å². The minimum atomic E-state index is 0.368. The number of hydrogen-bond acceptors (Lipinski definition) is 3. The molecule has 0 unspecified atom stereocenters. The van der Waals surface area contributed by atoms with E-state index in [1.807, 2.05) is 13.0 Å². The van der Waals surface area contributed by atoms with Gasteiger partial charge in [-0.1, -0.05) is 16.8 Å². The Labute approximate surface area is 97.0 Å². The molecule has 2 aromatic rings. The van der Waals surface area contributed by atoms with Gasteiger partial charge in [0.05, 0.1) is 5.88 Å². The maximum atomic E-state index is 5.81. The van der Waals surface area contributed by atoms with Gasteiger partial charge in [0.15, 0.2) is 0 Å². The van der Waals surface area contributed by atoms with Gasteiger partial charge < -0.3 is 4.52 Å². The predicted molar refractivity (Wildman–Crippen MR) is 59.0 cm³/mol. The lowest BCUT2D eigenvalue weighted by Gasteiger charge is -1.98. The number of rotatable bonds is 2. The van der Waals surface area contributed by atoms with E-state index < -0.39 is 0 Å². The third-order valence-electron chi connectivity index (χ3n) is 2.12. The molecule has 0 radical (unpaired) electrons. The van der Waals surface area contributed by atoms with Crippen LogP contribution in [0.15, 0.2) is 22.9 Å². The van der Waals surface area contributed by atoms with Crippen molar-refractivity contribution in [3.8, 4) is 11.3 Å². The molecule has 0 fully saturated rings. The summed E-state index contributed by atoms with van der Waals surface area (Å²) in [4.78, 5) is 3.98. The molecule has 5 heteroatoms. The second-order valence-electron chi connectivity index (χ2n) is 3.07. The SMILES string of the molecule is Cc1onc(-c2ccc(Cl)nc2)c1CCl. The van der Waals surface area contributed by atoms with E-state index in [0.29, 0.717) is 11.0 Å². The summed E-state index contributed by atoms with van der Waals surface area (Å²) in [6.07, 6.45) is 1.65. The number of hydrogen-bond donors (Lipinski definition) is 0. The maximum absolute atomic E-state index is 5.81.